The lowest BCUT2D eigenvalue weighted by atomic mass is 10.1. The molecule has 1 fully saturated rings. The monoisotopic (exact) mass is 436 g/mol. The topological polar surface area (TPSA) is 66.5 Å². The highest BCUT2D eigenvalue weighted by Crippen LogP contribution is 2.33. The molecule has 3 rings (SSSR count). The first-order chi connectivity index (χ1) is 13.1. The molecule has 1 atom stereocenters. The summed E-state index contributed by atoms with van der Waals surface area (Å²) >= 11 is 1.02. The van der Waals surface area contributed by atoms with Gasteiger partial charge in [0.05, 0.1) is 5.56 Å². The van der Waals surface area contributed by atoms with Gasteiger partial charge in [0.2, 0.25) is 5.91 Å². The van der Waals surface area contributed by atoms with E-state index in [2.05, 4.69) is 5.32 Å². The summed E-state index contributed by atoms with van der Waals surface area (Å²) in [7, 11) is -3.85. The Morgan fingerprint density at radius 1 is 1.29 bits per heavy atom. The number of sulfonamides is 1. The van der Waals surface area contributed by atoms with E-state index in [-0.39, 0.29) is 22.7 Å². The molecule has 1 N–H and O–H groups in total. The minimum Gasteiger partial charge on any atom is -0.351 e. The quantitative estimate of drug-likeness (QED) is 0.731. The molecule has 0 spiro atoms. The van der Waals surface area contributed by atoms with Crippen LogP contribution >= 0.6 is 11.3 Å². The highest BCUT2D eigenvalue weighted by atomic mass is 32.2. The maximum atomic E-state index is 13.2. The van der Waals surface area contributed by atoms with Crippen molar-refractivity contribution >= 4 is 27.3 Å². The van der Waals surface area contributed by atoms with E-state index in [9.17, 15) is 30.8 Å². The van der Waals surface area contributed by atoms with Gasteiger partial charge in [0.25, 0.3) is 10.0 Å². The first-order valence-electron chi connectivity index (χ1n) is 8.29. The first-order valence-corrected chi connectivity index (χ1v) is 10.6. The Kier molecular flexibility index (Phi) is 5.78. The zero-order valence-corrected chi connectivity index (χ0v) is 16.0. The molecule has 1 aromatic carbocycles. The number of nitrogens with one attached hydrogen (secondary N) is 1. The zero-order valence-electron chi connectivity index (χ0n) is 14.4. The molecule has 1 aromatic heterocycles. The molecule has 0 saturated carbocycles. The molecular formula is C17H16F4N2O3S2. The second-order valence-electron chi connectivity index (χ2n) is 6.22. The third-order valence-corrected chi connectivity index (χ3v) is 7.68. The summed E-state index contributed by atoms with van der Waals surface area (Å²) in [5.41, 5.74) is -1.48. The molecule has 1 amide bonds. The normalized spacial score (nSPS) is 18.4. The van der Waals surface area contributed by atoms with Gasteiger partial charge in [0.15, 0.2) is 0 Å². The smallest absolute Gasteiger partial charge is 0.351 e. The standard InChI is InChI=1S/C17H16F4N2O3S2/c18-12-6-5-11(13(9-12)17(19,20)21)10-22-16(24)14-3-1-7-23(14)28(25,26)15-4-2-8-27-15/h2,4-6,8-9,14H,1,3,7,10H2,(H,22,24)/t14-/m0/s1. The fourth-order valence-corrected chi connectivity index (χ4v) is 5.86. The zero-order chi connectivity index (χ0) is 20.5. The molecule has 11 heteroatoms. The Balaban J connectivity index is 1.75. The minimum absolute atomic E-state index is 0.102. The van der Waals surface area contributed by atoms with Crippen molar-refractivity contribution in [3.8, 4) is 0 Å². The summed E-state index contributed by atoms with van der Waals surface area (Å²) in [6, 6.07) is 4.21. The Hall–Kier alpha value is -1.98. The van der Waals surface area contributed by atoms with E-state index in [4.69, 9.17) is 0 Å². The van der Waals surface area contributed by atoms with Gasteiger partial charge in [-0.2, -0.15) is 17.5 Å². The highest BCUT2D eigenvalue weighted by Gasteiger charge is 2.40. The molecule has 2 aromatic rings. The van der Waals surface area contributed by atoms with Gasteiger partial charge >= 0.3 is 6.18 Å². The van der Waals surface area contributed by atoms with Gasteiger partial charge in [-0.3, -0.25) is 4.79 Å². The maximum Gasteiger partial charge on any atom is 0.416 e. The molecular weight excluding hydrogens is 420 g/mol. The SMILES string of the molecule is O=C(NCc1ccc(F)cc1C(F)(F)F)[C@@H]1CCCN1S(=O)(=O)c1cccs1. The Bertz CT molecular complexity index is 959. The van der Waals surface area contributed by atoms with Crippen LogP contribution in [0.5, 0.6) is 0 Å². The maximum absolute atomic E-state index is 13.2. The second-order valence-corrected chi connectivity index (χ2v) is 9.29. The molecule has 0 unspecified atom stereocenters. The Morgan fingerprint density at radius 2 is 2.04 bits per heavy atom. The van der Waals surface area contributed by atoms with Crippen molar-refractivity contribution in [2.45, 2.75) is 35.8 Å². The molecule has 1 aliphatic rings. The minimum atomic E-state index is -4.77. The number of hydrogen-bond acceptors (Lipinski definition) is 4. The number of rotatable bonds is 5. The number of thiophene rings is 1. The summed E-state index contributed by atoms with van der Waals surface area (Å²) in [5.74, 6) is -1.72. The number of halogens is 4. The molecule has 5 nitrogen and oxygen atoms in total. The van der Waals surface area contributed by atoms with Crippen molar-refractivity contribution in [1.29, 1.82) is 0 Å². The molecule has 28 heavy (non-hydrogen) atoms. The summed E-state index contributed by atoms with van der Waals surface area (Å²) in [6.07, 6.45) is -4.04. The summed E-state index contributed by atoms with van der Waals surface area (Å²) in [4.78, 5) is 12.5. The molecule has 2 heterocycles. The van der Waals surface area contributed by atoms with E-state index < -0.39 is 46.1 Å². The number of alkyl halides is 3. The van der Waals surface area contributed by atoms with Crippen LogP contribution in [-0.4, -0.2) is 31.2 Å². The van der Waals surface area contributed by atoms with Crippen LogP contribution in [0, 0.1) is 5.82 Å². The van der Waals surface area contributed by atoms with Crippen molar-refractivity contribution in [3.63, 3.8) is 0 Å². The predicted octanol–water partition coefficient (Wildman–Crippen LogP) is 3.38. The number of nitrogens with zero attached hydrogens (tertiary/aromatic N) is 1. The largest absolute Gasteiger partial charge is 0.416 e. The third kappa shape index (κ3) is 4.20. The van der Waals surface area contributed by atoms with Crippen LogP contribution in [0.15, 0.2) is 39.9 Å². The number of carbonyl (C=O) groups is 1. The molecule has 152 valence electrons. The Morgan fingerprint density at radius 3 is 2.68 bits per heavy atom. The van der Waals surface area contributed by atoms with Gasteiger partial charge in [-0.15, -0.1) is 11.3 Å². The van der Waals surface area contributed by atoms with Gasteiger partial charge in [-0.05, 0) is 42.0 Å². The van der Waals surface area contributed by atoms with E-state index in [1.807, 2.05) is 0 Å². The van der Waals surface area contributed by atoms with Crippen LogP contribution in [0.1, 0.15) is 24.0 Å². The van der Waals surface area contributed by atoms with E-state index >= 15 is 0 Å². The van der Waals surface area contributed by atoms with Gasteiger partial charge in [-0.25, -0.2) is 12.8 Å². The summed E-state index contributed by atoms with van der Waals surface area (Å²) in [5, 5.41) is 3.96. The van der Waals surface area contributed by atoms with Gasteiger partial charge < -0.3 is 5.32 Å². The summed E-state index contributed by atoms with van der Waals surface area (Å²) < 4.78 is 78.9. The van der Waals surface area contributed by atoms with Crippen LogP contribution in [-0.2, 0) is 27.5 Å². The van der Waals surface area contributed by atoms with Gasteiger partial charge in [-0.1, -0.05) is 12.1 Å². The molecule has 1 saturated heterocycles. The van der Waals surface area contributed by atoms with E-state index in [0.29, 0.717) is 12.5 Å². The molecule has 0 aliphatic carbocycles. The van der Waals surface area contributed by atoms with E-state index in [1.54, 1.807) is 11.4 Å². The van der Waals surface area contributed by atoms with Gasteiger partial charge in [0.1, 0.15) is 16.1 Å². The number of benzene rings is 1. The molecule has 1 aliphatic heterocycles. The van der Waals surface area contributed by atoms with E-state index in [0.717, 1.165) is 27.8 Å². The first kappa shape index (κ1) is 20.7. The van der Waals surface area contributed by atoms with Crippen molar-refractivity contribution in [3.05, 3.63) is 52.7 Å². The lowest BCUT2D eigenvalue weighted by molar-refractivity contribution is -0.138. The van der Waals surface area contributed by atoms with Crippen molar-refractivity contribution in [2.75, 3.05) is 6.54 Å². The third-order valence-electron chi connectivity index (χ3n) is 4.39. The number of carbonyl (C=O) groups excluding carboxylic acids is 1. The average Bonchev–Trinajstić information content (AvgIpc) is 3.31. The van der Waals surface area contributed by atoms with Crippen LogP contribution in [0.3, 0.4) is 0 Å². The highest BCUT2D eigenvalue weighted by molar-refractivity contribution is 7.91. The Labute approximate surface area is 163 Å². The van der Waals surface area contributed by atoms with Crippen LogP contribution in [0.4, 0.5) is 17.6 Å². The lowest BCUT2D eigenvalue weighted by Crippen LogP contribution is -2.45. The van der Waals surface area contributed by atoms with Crippen molar-refractivity contribution < 1.29 is 30.8 Å². The second kappa shape index (κ2) is 7.80. The van der Waals surface area contributed by atoms with E-state index in [1.165, 1.54) is 6.07 Å². The average molecular weight is 436 g/mol. The molecule has 0 radical (unpaired) electrons. The van der Waals surface area contributed by atoms with Crippen LogP contribution < -0.4 is 5.32 Å². The number of hydrogen-bond donors (Lipinski definition) is 1. The number of amides is 1. The fourth-order valence-electron chi connectivity index (χ4n) is 3.08. The lowest BCUT2D eigenvalue weighted by Gasteiger charge is -2.23. The van der Waals surface area contributed by atoms with Crippen molar-refractivity contribution in [1.82, 2.24) is 9.62 Å². The van der Waals surface area contributed by atoms with Crippen LogP contribution in [0.25, 0.3) is 0 Å². The van der Waals surface area contributed by atoms with Gasteiger partial charge in [0, 0.05) is 13.1 Å². The summed E-state index contributed by atoms with van der Waals surface area (Å²) in [6.45, 7) is -0.333. The fraction of sp³-hybridized carbons (Fsp3) is 0.353. The molecule has 0 bridgehead atoms. The van der Waals surface area contributed by atoms with Crippen molar-refractivity contribution in [2.24, 2.45) is 0 Å². The predicted molar refractivity (Wildman–Crippen MR) is 94.5 cm³/mol. The van der Waals surface area contributed by atoms with Crippen LogP contribution in [0.2, 0.25) is 0 Å².